The molecule has 1 rings (SSSR count). The third-order valence-corrected chi connectivity index (χ3v) is 3.30. The molecule has 14 heavy (non-hydrogen) atoms. The lowest BCUT2D eigenvalue weighted by Gasteiger charge is -2.37. The van der Waals surface area contributed by atoms with Gasteiger partial charge in [-0.1, -0.05) is 13.8 Å². The number of nitrogens with one attached hydrogen (secondary N) is 1. The summed E-state index contributed by atoms with van der Waals surface area (Å²) in [5, 5.41) is 3.51. The summed E-state index contributed by atoms with van der Waals surface area (Å²) in [5.41, 5.74) is 0.150. The van der Waals surface area contributed by atoms with E-state index < -0.39 is 0 Å². The molecule has 0 aromatic carbocycles. The molecule has 0 amide bonds. The van der Waals surface area contributed by atoms with Crippen molar-refractivity contribution in [3.63, 3.8) is 0 Å². The molecule has 1 saturated heterocycles. The molecule has 84 valence electrons. The van der Waals surface area contributed by atoms with Crippen LogP contribution in [-0.4, -0.2) is 25.3 Å². The van der Waals surface area contributed by atoms with Crippen molar-refractivity contribution in [3.8, 4) is 0 Å². The molecule has 2 atom stereocenters. The Labute approximate surface area is 88.4 Å². The fourth-order valence-corrected chi connectivity index (χ4v) is 2.15. The van der Waals surface area contributed by atoms with E-state index in [0.717, 1.165) is 25.5 Å². The van der Waals surface area contributed by atoms with Crippen molar-refractivity contribution in [1.29, 1.82) is 0 Å². The van der Waals surface area contributed by atoms with Crippen LogP contribution >= 0.6 is 0 Å². The first-order valence-electron chi connectivity index (χ1n) is 6.05. The summed E-state index contributed by atoms with van der Waals surface area (Å²) in [6.07, 6.45) is 4.82. The molecule has 0 spiro atoms. The molecule has 2 heteroatoms. The molecule has 1 aliphatic heterocycles. The van der Waals surface area contributed by atoms with Crippen LogP contribution in [0.3, 0.4) is 0 Å². The van der Waals surface area contributed by atoms with E-state index in [1.165, 1.54) is 25.8 Å². The summed E-state index contributed by atoms with van der Waals surface area (Å²) in [4.78, 5) is 0. The summed E-state index contributed by atoms with van der Waals surface area (Å²) in [6.45, 7) is 9.96. The van der Waals surface area contributed by atoms with Gasteiger partial charge in [0.1, 0.15) is 0 Å². The number of hydrogen-bond acceptors (Lipinski definition) is 2. The molecule has 0 aliphatic carbocycles. The third-order valence-electron chi connectivity index (χ3n) is 3.30. The van der Waals surface area contributed by atoms with E-state index in [9.17, 15) is 0 Å². The van der Waals surface area contributed by atoms with E-state index in [1.807, 2.05) is 0 Å². The Morgan fingerprint density at radius 1 is 1.43 bits per heavy atom. The molecule has 2 nitrogen and oxygen atoms in total. The van der Waals surface area contributed by atoms with Crippen molar-refractivity contribution >= 4 is 0 Å². The van der Waals surface area contributed by atoms with Gasteiger partial charge < -0.3 is 10.1 Å². The largest absolute Gasteiger partial charge is 0.375 e. The molecular weight excluding hydrogens is 174 g/mol. The molecule has 1 fully saturated rings. The SMILES string of the molecule is CCCNCC1CCOC(C)(CC)C1. The van der Waals surface area contributed by atoms with Crippen LogP contribution in [0.1, 0.15) is 46.5 Å². The number of ether oxygens (including phenoxy) is 1. The second kappa shape index (κ2) is 5.72. The zero-order valence-electron chi connectivity index (χ0n) is 9.94. The van der Waals surface area contributed by atoms with Crippen molar-refractivity contribution in [2.24, 2.45) is 5.92 Å². The normalized spacial score (nSPS) is 33.2. The second-order valence-corrected chi connectivity index (χ2v) is 4.71. The summed E-state index contributed by atoms with van der Waals surface area (Å²) >= 11 is 0. The zero-order valence-corrected chi connectivity index (χ0v) is 9.94. The summed E-state index contributed by atoms with van der Waals surface area (Å²) in [6, 6.07) is 0. The molecular formula is C12H25NO. The maximum absolute atomic E-state index is 5.82. The molecule has 0 radical (unpaired) electrons. The molecule has 0 bridgehead atoms. The quantitative estimate of drug-likeness (QED) is 0.687. The van der Waals surface area contributed by atoms with Gasteiger partial charge in [-0.2, -0.15) is 0 Å². The van der Waals surface area contributed by atoms with Gasteiger partial charge in [0, 0.05) is 6.61 Å². The predicted molar refractivity (Wildman–Crippen MR) is 60.5 cm³/mol. The summed E-state index contributed by atoms with van der Waals surface area (Å²) in [5.74, 6) is 0.820. The topological polar surface area (TPSA) is 21.3 Å². The Morgan fingerprint density at radius 3 is 2.86 bits per heavy atom. The van der Waals surface area contributed by atoms with Gasteiger partial charge in [0.25, 0.3) is 0 Å². The van der Waals surface area contributed by atoms with Gasteiger partial charge in [-0.05, 0) is 51.6 Å². The van der Waals surface area contributed by atoms with Gasteiger partial charge in [-0.3, -0.25) is 0 Å². The van der Waals surface area contributed by atoms with Crippen molar-refractivity contribution in [2.45, 2.75) is 52.1 Å². The van der Waals surface area contributed by atoms with E-state index in [0.29, 0.717) is 0 Å². The van der Waals surface area contributed by atoms with Crippen LogP contribution in [0, 0.1) is 5.92 Å². The van der Waals surface area contributed by atoms with Crippen LogP contribution in [0.5, 0.6) is 0 Å². The van der Waals surface area contributed by atoms with Gasteiger partial charge in [0.05, 0.1) is 5.60 Å². The minimum absolute atomic E-state index is 0.150. The maximum atomic E-state index is 5.82. The molecule has 1 heterocycles. The highest BCUT2D eigenvalue weighted by atomic mass is 16.5. The Hall–Kier alpha value is -0.0800. The van der Waals surface area contributed by atoms with Gasteiger partial charge >= 0.3 is 0 Å². The summed E-state index contributed by atoms with van der Waals surface area (Å²) < 4.78 is 5.82. The number of hydrogen-bond donors (Lipinski definition) is 1. The van der Waals surface area contributed by atoms with Crippen LogP contribution in [0.4, 0.5) is 0 Å². The lowest BCUT2D eigenvalue weighted by atomic mass is 9.85. The lowest BCUT2D eigenvalue weighted by molar-refractivity contribution is -0.0864. The highest BCUT2D eigenvalue weighted by Gasteiger charge is 2.31. The van der Waals surface area contributed by atoms with Gasteiger partial charge in [-0.15, -0.1) is 0 Å². The van der Waals surface area contributed by atoms with E-state index in [4.69, 9.17) is 4.74 Å². The Morgan fingerprint density at radius 2 is 2.21 bits per heavy atom. The van der Waals surface area contributed by atoms with Gasteiger partial charge in [0.15, 0.2) is 0 Å². The molecule has 0 saturated carbocycles. The number of rotatable bonds is 5. The lowest BCUT2D eigenvalue weighted by Crippen LogP contribution is -2.39. The summed E-state index contributed by atoms with van der Waals surface area (Å²) in [7, 11) is 0. The minimum atomic E-state index is 0.150. The fourth-order valence-electron chi connectivity index (χ4n) is 2.15. The van der Waals surface area contributed by atoms with Gasteiger partial charge in [0.2, 0.25) is 0 Å². The van der Waals surface area contributed by atoms with Crippen molar-refractivity contribution in [1.82, 2.24) is 5.32 Å². The average Bonchev–Trinajstić information content (AvgIpc) is 2.19. The van der Waals surface area contributed by atoms with Crippen LogP contribution in [-0.2, 0) is 4.74 Å². The van der Waals surface area contributed by atoms with E-state index >= 15 is 0 Å². The Bertz CT molecular complexity index is 160. The van der Waals surface area contributed by atoms with Crippen LogP contribution in [0.2, 0.25) is 0 Å². The van der Waals surface area contributed by atoms with E-state index in [2.05, 4.69) is 26.1 Å². The maximum Gasteiger partial charge on any atom is 0.0655 e. The van der Waals surface area contributed by atoms with Crippen molar-refractivity contribution in [2.75, 3.05) is 19.7 Å². The van der Waals surface area contributed by atoms with E-state index in [-0.39, 0.29) is 5.60 Å². The highest BCUT2D eigenvalue weighted by Crippen LogP contribution is 2.31. The molecule has 0 aromatic heterocycles. The molecule has 2 unspecified atom stereocenters. The molecule has 1 N–H and O–H groups in total. The standard InChI is InChI=1S/C12H25NO/c1-4-7-13-10-11-6-8-14-12(3,5-2)9-11/h11,13H,4-10H2,1-3H3. The van der Waals surface area contributed by atoms with Crippen LogP contribution in [0.25, 0.3) is 0 Å². The first-order valence-corrected chi connectivity index (χ1v) is 6.05. The van der Waals surface area contributed by atoms with Crippen molar-refractivity contribution < 1.29 is 4.74 Å². The highest BCUT2D eigenvalue weighted by molar-refractivity contribution is 4.82. The molecule has 0 aromatic rings. The van der Waals surface area contributed by atoms with Gasteiger partial charge in [-0.25, -0.2) is 0 Å². The fraction of sp³-hybridized carbons (Fsp3) is 1.00. The van der Waals surface area contributed by atoms with Crippen molar-refractivity contribution in [3.05, 3.63) is 0 Å². The predicted octanol–water partition coefficient (Wildman–Crippen LogP) is 2.58. The second-order valence-electron chi connectivity index (χ2n) is 4.71. The molecule has 1 aliphatic rings. The van der Waals surface area contributed by atoms with Crippen LogP contribution in [0.15, 0.2) is 0 Å². The minimum Gasteiger partial charge on any atom is -0.375 e. The van der Waals surface area contributed by atoms with Crippen LogP contribution < -0.4 is 5.32 Å². The Kier molecular flexibility index (Phi) is 4.90. The zero-order chi connectivity index (χ0) is 10.4. The first kappa shape index (κ1) is 12.0. The first-order chi connectivity index (χ1) is 6.70. The van der Waals surface area contributed by atoms with E-state index in [1.54, 1.807) is 0 Å². The Balaban J connectivity index is 2.25. The smallest absolute Gasteiger partial charge is 0.0655 e. The third kappa shape index (κ3) is 3.58. The average molecular weight is 199 g/mol. The monoisotopic (exact) mass is 199 g/mol.